The van der Waals surface area contributed by atoms with Crippen LogP contribution in [-0.4, -0.2) is 31.0 Å². The van der Waals surface area contributed by atoms with Crippen molar-refractivity contribution in [1.82, 2.24) is 0 Å². The van der Waals surface area contributed by atoms with Gasteiger partial charge >= 0.3 is 5.97 Å². The van der Waals surface area contributed by atoms with Gasteiger partial charge in [-0.15, -0.1) is 0 Å². The first-order chi connectivity index (χ1) is 12.0. The van der Waals surface area contributed by atoms with E-state index in [0.717, 1.165) is 12.8 Å². The second-order valence-corrected chi connectivity index (χ2v) is 9.55. The molecule has 1 N–H and O–H groups in total. The highest BCUT2D eigenvalue weighted by molar-refractivity contribution is 7.91. The maximum Gasteiger partial charge on any atom is 0.303 e. The minimum atomic E-state index is -3.06. The maximum absolute atomic E-state index is 11.7. The van der Waals surface area contributed by atoms with E-state index >= 15 is 0 Å². The molecular formula is C20H40O4S. The fourth-order valence-electron chi connectivity index (χ4n) is 3.06. The number of hydrogen-bond acceptors (Lipinski definition) is 3. The van der Waals surface area contributed by atoms with Crippen LogP contribution < -0.4 is 0 Å². The van der Waals surface area contributed by atoms with Crippen molar-refractivity contribution in [3.8, 4) is 0 Å². The molecule has 150 valence electrons. The van der Waals surface area contributed by atoms with Crippen LogP contribution in [-0.2, 0) is 14.6 Å². The highest BCUT2D eigenvalue weighted by Crippen LogP contribution is 2.13. The zero-order valence-electron chi connectivity index (χ0n) is 16.3. The molecule has 0 unspecified atom stereocenters. The number of aliphatic carboxylic acids is 1. The summed E-state index contributed by atoms with van der Waals surface area (Å²) in [5.41, 5.74) is 0. The van der Waals surface area contributed by atoms with Crippen LogP contribution in [0, 0.1) is 0 Å². The number of rotatable bonds is 19. The molecule has 0 atom stereocenters. The van der Waals surface area contributed by atoms with Gasteiger partial charge in [0.25, 0.3) is 0 Å². The Bertz CT molecular complexity index is 404. The van der Waals surface area contributed by atoms with Crippen molar-refractivity contribution >= 4 is 15.8 Å². The van der Waals surface area contributed by atoms with Crippen molar-refractivity contribution in [2.45, 2.75) is 110 Å². The molecule has 0 saturated carbocycles. The van der Waals surface area contributed by atoms with Gasteiger partial charge in [-0.25, -0.2) is 8.42 Å². The summed E-state index contributed by atoms with van der Waals surface area (Å²) in [6.07, 6.45) is 17.7. The summed E-state index contributed by atoms with van der Waals surface area (Å²) >= 11 is 0. The third-order valence-electron chi connectivity index (χ3n) is 4.65. The number of carboxylic acids is 1. The Labute approximate surface area is 155 Å². The number of carboxylic acid groups (broad SMARTS) is 1. The molecular weight excluding hydrogens is 336 g/mol. The number of sulfone groups is 1. The van der Waals surface area contributed by atoms with E-state index in [1.165, 1.54) is 70.6 Å². The molecule has 4 nitrogen and oxygen atoms in total. The summed E-state index contributed by atoms with van der Waals surface area (Å²) in [4.78, 5) is 10.4. The second kappa shape index (κ2) is 16.9. The average Bonchev–Trinajstić information content (AvgIpc) is 2.54. The minimum Gasteiger partial charge on any atom is -0.481 e. The molecule has 0 fully saturated rings. The molecule has 0 aliphatic rings. The lowest BCUT2D eigenvalue weighted by molar-refractivity contribution is -0.137. The highest BCUT2D eigenvalue weighted by atomic mass is 32.2. The van der Waals surface area contributed by atoms with E-state index in [9.17, 15) is 13.2 Å². The summed E-state index contributed by atoms with van der Waals surface area (Å²) in [7, 11) is -3.06. The van der Waals surface area contributed by atoms with Crippen molar-refractivity contribution < 1.29 is 18.3 Å². The van der Waals surface area contributed by atoms with Crippen molar-refractivity contribution in [2.24, 2.45) is 0 Å². The van der Waals surface area contributed by atoms with Crippen LogP contribution >= 0.6 is 0 Å². The van der Waals surface area contributed by atoms with E-state index < -0.39 is 15.8 Å². The summed E-state index contributed by atoms with van der Waals surface area (Å²) in [5, 5.41) is 8.52. The quantitative estimate of drug-likeness (QED) is 0.291. The van der Waals surface area contributed by atoms with Gasteiger partial charge in [0.2, 0.25) is 0 Å². The maximum atomic E-state index is 11.7. The fraction of sp³-hybridized carbons (Fsp3) is 0.950. The van der Waals surface area contributed by atoms with Crippen LogP contribution in [0.25, 0.3) is 0 Å². The predicted molar refractivity (Wildman–Crippen MR) is 106 cm³/mol. The molecule has 0 spiro atoms. The van der Waals surface area contributed by atoms with Crippen molar-refractivity contribution in [2.75, 3.05) is 11.5 Å². The fourth-order valence-corrected chi connectivity index (χ4v) is 4.49. The normalized spacial score (nSPS) is 11.7. The molecule has 0 radical (unpaired) electrons. The first kappa shape index (κ1) is 24.4. The van der Waals surface area contributed by atoms with Crippen LogP contribution in [0.3, 0.4) is 0 Å². The Morgan fingerprint density at radius 1 is 0.640 bits per heavy atom. The van der Waals surface area contributed by atoms with Gasteiger partial charge in [-0.3, -0.25) is 4.79 Å². The zero-order valence-corrected chi connectivity index (χ0v) is 17.1. The Balaban J connectivity index is 3.29. The molecule has 0 aromatic rings. The van der Waals surface area contributed by atoms with Gasteiger partial charge in [0.05, 0.1) is 11.5 Å². The molecule has 25 heavy (non-hydrogen) atoms. The lowest BCUT2D eigenvalue weighted by Crippen LogP contribution is -2.12. The minimum absolute atomic E-state index is 0.0117. The highest BCUT2D eigenvalue weighted by Gasteiger charge is 2.11. The van der Waals surface area contributed by atoms with Gasteiger partial charge in [-0.2, -0.15) is 0 Å². The number of hydrogen-bond donors (Lipinski definition) is 1. The average molecular weight is 377 g/mol. The largest absolute Gasteiger partial charge is 0.481 e. The third kappa shape index (κ3) is 19.6. The Morgan fingerprint density at radius 2 is 1.00 bits per heavy atom. The van der Waals surface area contributed by atoms with Gasteiger partial charge in [0.15, 0.2) is 0 Å². The molecule has 0 rings (SSSR count). The van der Waals surface area contributed by atoms with Gasteiger partial charge < -0.3 is 5.11 Å². The van der Waals surface area contributed by atoms with Crippen LogP contribution in [0.1, 0.15) is 110 Å². The molecule has 0 aromatic heterocycles. The first-order valence-corrected chi connectivity index (χ1v) is 12.2. The smallest absolute Gasteiger partial charge is 0.303 e. The van der Waals surface area contributed by atoms with Gasteiger partial charge in [0, 0.05) is 6.42 Å². The first-order valence-electron chi connectivity index (χ1n) is 10.4. The van der Waals surface area contributed by atoms with E-state index in [1.807, 2.05) is 0 Å². The second-order valence-electron chi connectivity index (χ2n) is 7.25. The lowest BCUT2D eigenvalue weighted by atomic mass is 10.0. The van der Waals surface area contributed by atoms with Gasteiger partial charge in [0.1, 0.15) is 9.84 Å². The van der Waals surface area contributed by atoms with Crippen molar-refractivity contribution in [1.29, 1.82) is 0 Å². The summed E-state index contributed by atoms with van der Waals surface area (Å²) < 4.78 is 23.5. The standard InChI is InChI=1S/C20H40O4S/c1-2-3-4-5-6-7-8-9-10-11-12-13-14-15-18-25(23,24)19-16-17-20(21)22/h2-19H2,1H3,(H,21,22). The number of unbranched alkanes of at least 4 members (excludes halogenated alkanes) is 13. The predicted octanol–water partition coefficient (Wildman–Crippen LogP) is 5.75. The van der Waals surface area contributed by atoms with Crippen LogP contribution in [0.4, 0.5) is 0 Å². The Kier molecular flexibility index (Phi) is 16.5. The van der Waals surface area contributed by atoms with E-state index in [0.29, 0.717) is 6.42 Å². The van der Waals surface area contributed by atoms with E-state index in [-0.39, 0.29) is 24.3 Å². The monoisotopic (exact) mass is 376 g/mol. The third-order valence-corrected chi connectivity index (χ3v) is 6.48. The molecule has 0 aromatic carbocycles. The van der Waals surface area contributed by atoms with Crippen LogP contribution in [0.2, 0.25) is 0 Å². The zero-order chi connectivity index (χ0) is 18.8. The molecule has 5 heteroatoms. The SMILES string of the molecule is CCCCCCCCCCCCCCCCS(=O)(=O)CCCC(=O)O. The molecule has 0 bridgehead atoms. The van der Waals surface area contributed by atoms with Gasteiger partial charge in [-0.1, -0.05) is 90.4 Å². The molecule has 0 saturated heterocycles. The molecule has 0 amide bonds. The van der Waals surface area contributed by atoms with E-state index in [4.69, 9.17) is 5.11 Å². The molecule has 0 heterocycles. The van der Waals surface area contributed by atoms with E-state index in [2.05, 4.69) is 6.92 Å². The van der Waals surface area contributed by atoms with Crippen molar-refractivity contribution in [3.63, 3.8) is 0 Å². The summed E-state index contributed by atoms with van der Waals surface area (Å²) in [6, 6.07) is 0. The Hall–Kier alpha value is -0.580. The summed E-state index contributed by atoms with van der Waals surface area (Å²) in [6.45, 7) is 2.25. The van der Waals surface area contributed by atoms with Crippen molar-refractivity contribution in [3.05, 3.63) is 0 Å². The molecule has 0 aliphatic heterocycles. The lowest BCUT2D eigenvalue weighted by Gasteiger charge is -2.04. The van der Waals surface area contributed by atoms with Gasteiger partial charge in [-0.05, 0) is 12.8 Å². The molecule has 0 aliphatic carbocycles. The van der Waals surface area contributed by atoms with Crippen LogP contribution in [0.5, 0.6) is 0 Å². The summed E-state index contributed by atoms with van der Waals surface area (Å²) in [5.74, 6) is -0.700. The Morgan fingerprint density at radius 3 is 1.40 bits per heavy atom. The number of carbonyl (C=O) groups is 1. The topological polar surface area (TPSA) is 71.4 Å². The van der Waals surface area contributed by atoms with E-state index in [1.54, 1.807) is 0 Å². The van der Waals surface area contributed by atoms with Crippen LogP contribution in [0.15, 0.2) is 0 Å².